The second-order valence-electron chi connectivity index (χ2n) is 9.45. The number of H-pyrrole nitrogens is 1. The quantitative estimate of drug-likeness (QED) is 0.525. The number of amides is 1. The number of benzene rings is 1. The van der Waals surface area contributed by atoms with Gasteiger partial charge in [0.05, 0.1) is 11.9 Å². The number of alkyl carbamates (subject to hydrolysis) is 1. The van der Waals surface area contributed by atoms with E-state index in [9.17, 15) is 9.59 Å². The molecule has 1 aliphatic rings. The largest absolute Gasteiger partial charge is 0.444 e. The van der Waals surface area contributed by atoms with Crippen LogP contribution in [0.25, 0.3) is 21.3 Å². The first-order chi connectivity index (χ1) is 15.7. The Labute approximate surface area is 202 Å². The topological polar surface area (TPSA) is 87.3 Å². The molecule has 0 radical (unpaired) electrons. The molecule has 1 atom stereocenters. The van der Waals surface area contributed by atoms with Crippen LogP contribution >= 0.6 is 22.9 Å². The van der Waals surface area contributed by atoms with Crippen LogP contribution in [0.4, 0.5) is 4.79 Å². The van der Waals surface area contributed by atoms with Crippen LogP contribution in [-0.2, 0) is 11.3 Å². The lowest BCUT2D eigenvalue weighted by Gasteiger charge is -2.32. The van der Waals surface area contributed by atoms with E-state index in [1.165, 1.54) is 11.3 Å². The van der Waals surface area contributed by atoms with Crippen molar-refractivity contribution in [3.63, 3.8) is 0 Å². The molecule has 0 saturated carbocycles. The monoisotopic (exact) mass is 488 g/mol. The number of rotatable bonds is 5. The number of halogens is 1. The molecule has 0 bridgehead atoms. The highest BCUT2D eigenvalue weighted by atomic mass is 35.5. The van der Waals surface area contributed by atoms with Gasteiger partial charge in [-0.05, 0) is 52.1 Å². The predicted molar refractivity (Wildman–Crippen MR) is 133 cm³/mol. The van der Waals surface area contributed by atoms with E-state index < -0.39 is 5.60 Å². The second kappa shape index (κ2) is 9.83. The first kappa shape index (κ1) is 23.7. The van der Waals surface area contributed by atoms with Crippen molar-refractivity contribution < 1.29 is 9.53 Å². The Kier molecular flexibility index (Phi) is 7.07. The number of thiophene rings is 1. The molecule has 1 saturated heterocycles. The van der Waals surface area contributed by atoms with Gasteiger partial charge in [-0.15, -0.1) is 11.3 Å². The molecular weight excluding hydrogens is 460 g/mol. The third-order valence-corrected chi connectivity index (χ3v) is 6.77. The van der Waals surface area contributed by atoms with E-state index in [0.717, 1.165) is 37.1 Å². The highest BCUT2D eigenvalue weighted by Gasteiger charge is 2.23. The van der Waals surface area contributed by atoms with Gasteiger partial charge in [0.2, 0.25) is 0 Å². The summed E-state index contributed by atoms with van der Waals surface area (Å²) in [6.45, 7) is 8.44. The number of hydrogen-bond acceptors (Lipinski definition) is 6. The van der Waals surface area contributed by atoms with Crippen LogP contribution in [0.15, 0.2) is 34.4 Å². The molecule has 1 unspecified atom stereocenters. The third-order valence-electron chi connectivity index (χ3n) is 5.57. The molecule has 1 fully saturated rings. The van der Waals surface area contributed by atoms with Crippen molar-refractivity contribution in [3.05, 3.63) is 50.8 Å². The average Bonchev–Trinajstić information content (AvgIpc) is 3.16. The first-order valence-electron chi connectivity index (χ1n) is 11.1. The molecule has 2 N–H and O–H groups in total. The van der Waals surface area contributed by atoms with Crippen molar-refractivity contribution in [1.29, 1.82) is 0 Å². The minimum absolute atomic E-state index is 0.147. The Morgan fingerprint density at radius 1 is 1.33 bits per heavy atom. The van der Waals surface area contributed by atoms with Crippen LogP contribution in [0.2, 0.25) is 5.02 Å². The Hall–Kier alpha value is -2.42. The van der Waals surface area contributed by atoms with E-state index in [1.54, 1.807) is 0 Å². The van der Waals surface area contributed by atoms with Gasteiger partial charge < -0.3 is 15.0 Å². The van der Waals surface area contributed by atoms with Crippen molar-refractivity contribution in [2.75, 3.05) is 19.6 Å². The summed E-state index contributed by atoms with van der Waals surface area (Å²) in [5.74, 6) is 0.982. The fourth-order valence-electron chi connectivity index (χ4n) is 4.16. The smallest absolute Gasteiger partial charge is 0.407 e. The summed E-state index contributed by atoms with van der Waals surface area (Å²) in [6.07, 6.45) is 1.69. The highest BCUT2D eigenvalue weighted by Crippen LogP contribution is 2.35. The molecule has 3 aromatic rings. The number of likely N-dealkylation sites (tertiary alicyclic amines) is 1. The summed E-state index contributed by atoms with van der Waals surface area (Å²) >= 11 is 7.80. The van der Waals surface area contributed by atoms with Gasteiger partial charge in [0.25, 0.3) is 5.56 Å². The molecule has 4 rings (SSSR count). The Balaban J connectivity index is 1.43. The molecular formula is C24H29ClN4O3S. The number of aromatic amines is 1. The van der Waals surface area contributed by atoms with Crippen LogP contribution in [0, 0.1) is 5.92 Å². The third kappa shape index (κ3) is 5.93. The van der Waals surface area contributed by atoms with Crippen molar-refractivity contribution in [2.45, 2.75) is 45.8 Å². The molecule has 0 spiro atoms. The minimum atomic E-state index is -0.508. The van der Waals surface area contributed by atoms with Gasteiger partial charge in [0, 0.05) is 34.6 Å². The summed E-state index contributed by atoms with van der Waals surface area (Å²) in [6, 6.07) is 7.51. The fourth-order valence-corrected chi connectivity index (χ4v) is 5.36. The SMILES string of the molecule is CC(C)(C)OC(=O)NCC1CCCN(Cc2nc3scc(-c4ccccc4Cl)c3c(=O)[nH]2)C1. The zero-order chi connectivity index (χ0) is 23.6. The lowest BCUT2D eigenvalue weighted by molar-refractivity contribution is 0.0505. The van der Waals surface area contributed by atoms with E-state index in [2.05, 4.69) is 15.2 Å². The van der Waals surface area contributed by atoms with E-state index >= 15 is 0 Å². The molecule has 1 amide bonds. The van der Waals surface area contributed by atoms with Crippen molar-refractivity contribution in [2.24, 2.45) is 5.92 Å². The van der Waals surface area contributed by atoms with E-state index in [-0.39, 0.29) is 11.7 Å². The number of aromatic nitrogens is 2. The Morgan fingerprint density at radius 3 is 2.88 bits per heavy atom. The van der Waals surface area contributed by atoms with Crippen LogP contribution < -0.4 is 10.9 Å². The fraction of sp³-hybridized carbons (Fsp3) is 0.458. The number of piperidine rings is 1. The molecule has 3 heterocycles. The van der Waals surface area contributed by atoms with Gasteiger partial charge in [0.1, 0.15) is 16.3 Å². The van der Waals surface area contributed by atoms with Gasteiger partial charge in [-0.3, -0.25) is 9.69 Å². The molecule has 0 aliphatic carbocycles. The normalized spacial score (nSPS) is 17.3. The average molecular weight is 489 g/mol. The summed E-state index contributed by atoms with van der Waals surface area (Å²) < 4.78 is 5.33. The highest BCUT2D eigenvalue weighted by molar-refractivity contribution is 7.17. The number of carbonyl (C=O) groups excluding carboxylic acids is 1. The lowest BCUT2D eigenvalue weighted by atomic mass is 9.98. The number of ether oxygens (including phenoxy) is 1. The van der Waals surface area contributed by atoms with Gasteiger partial charge in [0.15, 0.2) is 0 Å². The Morgan fingerprint density at radius 2 is 2.12 bits per heavy atom. The van der Waals surface area contributed by atoms with E-state index in [1.807, 2.05) is 50.4 Å². The van der Waals surface area contributed by atoms with Crippen molar-refractivity contribution in [1.82, 2.24) is 20.2 Å². The molecule has 176 valence electrons. The van der Waals surface area contributed by atoms with E-state index in [4.69, 9.17) is 21.3 Å². The van der Waals surface area contributed by atoms with Gasteiger partial charge >= 0.3 is 6.09 Å². The molecule has 2 aromatic heterocycles. The van der Waals surface area contributed by atoms with Crippen molar-refractivity contribution in [3.8, 4) is 11.1 Å². The van der Waals surface area contributed by atoms with Gasteiger partial charge in [-0.2, -0.15) is 0 Å². The zero-order valence-electron chi connectivity index (χ0n) is 19.1. The second-order valence-corrected chi connectivity index (χ2v) is 10.7. The summed E-state index contributed by atoms with van der Waals surface area (Å²) in [5, 5.41) is 6.01. The zero-order valence-corrected chi connectivity index (χ0v) is 20.7. The maximum atomic E-state index is 13.0. The standard InChI is InChI=1S/C24H29ClN4O3S/c1-24(2,3)32-23(31)26-11-15-7-6-10-29(12-15)13-19-27-21(30)20-17(14-33-22(20)28-19)16-8-4-5-9-18(16)25/h4-5,8-9,14-15H,6-7,10-13H2,1-3H3,(H,26,31)(H,27,28,30). The molecule has 33 heavy (non-hydrogen) atoms. The summed E-state index contributed by atoms with van der Waals surface area (Å²) in [5.41, 5.74) is 0.993. The van der Waals surface area contributed by atoms with E-state index in [0.29, 0.717) is 40.1 Å². The number of nitrogens with zero attached hydrogens (tertiary/aromatic N) is 2. The predicted octanol–water partition coefficient (Wildman–Crippen LogP) is 5.04. The van der Waals surface area contributed by atoms with Crippen LogP contribution in [0.1, 0.15) is 39.4 Å². The summed E-state index contributed by atoms with van der Waals surface area (Å²) in [4.78, 5) is 35.6. The Bertz CT molecular complexity index is 1200. The number of nitrogens with one attached hydrogen (secondary N) is 2. The number of carbonyl (C=O) groups is 1. The maximum absolute atomic E-state index is 13.0. The molecule has 1 aromatic carbocycles. The number of hydrogen-bond donors (Lipinski definition) is 2. The molecule has 9 heteroatoms. The summed E-state index contributed by atoms with van der Waals surface area (Å²) in [7, 11) is 0. The van der Waals surface area contributed by atoms with Crippen LogP contribution in [0.3, 0.4) is 0 Å². The van der Waals surface area contributed by atoms with Crippen LogP contribution in [-0.4, -0.2) is 46.2 Å². The van der Waals surface area contributed by atoms with Gasteiger partial charge in [-0.1, -0.05) is 29.8 Å². The number of fused-ring (bicyclic) bond motifs is 1. The molecule has 1 aliphatic heterocycles. The maximum Gasteiger partial charge on any atom is 0.407 e. The van der Waals surface area contributed by atoms with Crippen LogP contribution in [0.5, 0.6) is 0 Å². The minimum Gasteiger partial charge on any atom is -0.444 e. The lowest BCUT2D eigenvalue weighted by Crippen LogP contribution is -2.42. The van der Waals surface area contributed by atoms with Crippen molar-refractivity contribution >= 4 is 39.2 Å². The molecule has 7 nitrogen and oxygen atoms in total. The first-order valence-corrected chi connectivity index (χ1v) is 12.4. The van der Waals surface area contributed by atoms with Gasteiger partial charge in [-0.25, -0.2) is 9.78 Å².